The predicted molar refractivity (Wildman–Crippen MR) is 61.1 cm³/mol. The van der Waals surface area contributed by atoms with Crippen LogP contribution in [0.5, 0.6) is 0 Å². The fourth-order valence-electron chi connectivity index (χ4n) is 2.47. The Bertz CT molecular complexity index is 257. The Morgan fingerprint density at radius 3 is 2.44 bits per heavy atom. The van der Waals surface area contributed by atoms with Crippen LogP contribution in [-0.4, -0.2) is 34.5 Å². The largest absolute Gasteiger partial charge is 0.479 e. The van der Waals surface area contributed by atoms with Crippen LogP contribution in [0.4, 0.5) is 0 Å². The van der Waals surface area contributed by atoms with Gasteiger partial charge in [0, 0.05) is 6.54 Å². The molecule has 0 aromatic rings. The summed E-state index contributed by atoms with van der Waals surface area (Å²) in [6, 6.07) is 0. The summed E-state index contributed by atoms with van der Waals surface area (Å²) in [6.45, 7) is 4.62. The molecule has 0 atom stereocenters. The second-order valence-corrected chi connectivity index (χ2v) is 4.82. The number of hydrogen-bond donors (Lipinski definition) is 1. The molecule has 0 spiro atoms. The topological polar surface area (TPSA) is 57.6 Å². The first-order chi connectivity index (χ1) is 7.56. The first kappa shape index (κ1) is 13.0. The lowest BCUT2D eigenvalue weighted by Gasteiger charge is -2.42. The first-order valence-corrected chi connectivity index (χ1v) is 6.02. The fourth-order valence-corrected chi connectivity index (χ4v) is 2.47. The minimum Gasteiger partial charge on any atom is -0.479 e. The Hall–Kier alpha value is -1.06. The summed E-state index contributed by atoms with van der Waals surface area (Å²) in [6.07, 6.45) is 4.45. The van der Waals surface area contributed by atoms with Gasteiger partial charge in [0.25, 0.3) is 0 Å². The molecule has 0 unspecified atom stereocenters. The minimum absolute atomic E-state index is 0.532. The Balaban J connectivity index is 2.87. The molecule has 92 valence electrons. The zero-order valence-corrected chi connectivity index (χ0v) is 10.1. The van der Waals surface area contributed by atoms with Crippen molar-refractivity contribution < 1.29 is 14.7 Å². The number of carboxylic acid groups (broad SMARTS) is 1. The minimum atomic E-state index is -0.940. The molecule has 1 saturated carbocycles. The molecule has 1 N–H and O–H groups in total. The number of carbonyl (C=O) groups excluding carboxylic acids is 1. The van der Waals surface area contributed by atoms with Gasteiger partial charge in [0.2, 0.25) is 6.41 Å². The van der Waals surface area contributed by atoms with E-state index in [1.807, 2.05) is 6.92 Å². The summed E-state index contributed by atoms with van der Waals surface area (Å²) in [4.78, 5) is 24.0. The Labute approximate surface area is 96.6 Å². The normalized spacial score (nSPS) is 29.8. The third-order valence-corrected chi connectivity index (χ3v) is 3.64. The van der Waals surface area contributed by atoms with Gasteiger partial charge >= 0.3 is 5.97 Å². The van der Waals surface area contributed by atoms with Crippen molar-refractivity contribution in [3.05, 3.63) is 0 Å². The van der Waals surface area contributed by atoms with Gasteiger partial charge in [-0.25, -0.2) is 4.79 Å². The third kappa shape index (κ3) is 2.36. The van der Waals surface area contributed by atoms with Gasteiger partial charge in [-0.15, -0.1) is 0 Å². The lowest BCUT2D eigenvalue weighted by Crippen LogP contribution is -2.56. The smallest absolute Gasteiger partial charge is 0.329 e. The van der Waals surface area contributed by atoms with Crippen LogP contribution in [0.2, 0.25) is 0 Å². The molecule has 1 aliphatic rings. The molecular weight excluding hydrogens is 206 g/mol. The molecule has 0 radical (unpaired) electrons. The second kappa shape index (κ2) is 5.32. The number of amides is 1. The van der Waals surface area contributed by atoms with E-state index in [0.717, 1.165) is 19.3 Å². The fraction of sp³-hybridized carbons (Fsp3) is 0.833. The first-order valence-electron chi connectivity index (χ1n) is 6.02. The van der Waals surface area contributed by atoms with Gasteiger partial charge in [0.1, 0.15) is 5.54 Å². The number of rotatable bonds is 5. The molecular formula is C12H21NO3. The van der Waals surface area contributed by atoms with Crippen LogP contribution in [0, 0.1) is 5.92 Å². The van der Waals surface area contributed by atoms with Crippen molar-refractivity contribution in [2.24, 2.45) is 5.92 Å². The van der Waals surface area contributed by atoms with Gasteiger partial charge < -0.3 is 10.0 Å². The molecule has 4 nitrogen and oxygen atoms in total. The molecule has 1 amide bonds. The molecule has 4 heteroatoms. The molecule has 0 bridgehead atoms. The van der Waals surface area contributed by atoms with Crippen LogP contribution in [0.25, 0.3) is 0 Å². The molecule has 0 heterocycles. The lowest BCUT2D eigenvalue weighted by atomic mass is 9.76. The summed E-state index contributed by atoms with van der Waals surface area (Å²) in [7, 11) is 0. The molecule has 0 saturated heterocycles. The lowest BCUT2D eigenvalue weighted by molar-refractivity contribution is -0.158. The average molecular weight is 227 g/mol. The quantitative estimate of drug-likeness (QED) is 0.730. The Kier molecular flexibility index (Phi) is 4.33. The monoisotopic (exact) mass is 227 g/mol. The zero-order chi connectivity index (χ0) is 12.2. The standard InChI is InChI=1S/C12H21NO3/c1-3-8-13(9-14)12(11(15)16)6-4-10(2)5-7-12/h9-10H,3-8H2,1-2H3,(H,15,16). The van der Waals surface area contributed by atoms with Gasteiger partial charge in [0.15, 0.2) is 0 Å². The maximum absolute atomic E-state index is 11.5. The van der Waals surface area contributed by atoms with Crippen LogP contribution in [0.1, 0.15) is 46.0 Å². The molecule has 0 aromatic carbocycles. The van der Waals surface area contributed by atoms with E-state index < -0.39 is 11.5 Å². The second-order valence-electron chi connectivity index (χ2n) is 4.82. The van der Waals surface area contributed by atoms with Crippen molar-refractivity contribution >= 4 is 12.4 Å². The Morgan fingerprint density at radius 2 is 2.06 bits per heavy atom. The molecule has 16 heavy (non-hydrogen) atoms. The van der Waals surface area contributed by atoms with Gasteiger partial charge in [-0.3, -0.25) is 4.79 Å². The maximum Gasteiger partial charge on any atom is 0.329 e. The van der Waals surface area contributed by atoms with E-state index in [-0.39, 0.29) is 0 Å². The van der Waals surface area contributed by atoms with Crippen molar-refractivity contribution in [3.63, 3.8) is 0 Å². The van der Waals surface area contributed by atoms with Crippen molar-refractivity contribution in [1.82, 2.24) is 4.90 Å². The van der Waals surface area contributed by atoms with Crippen LogP contribution in [0.15, 0.2) is 0 Å². The summed E-state index contributed by atoms with van der Waals surface area (Å²) >= 11 is 0. The highest BCUT2D eigenvalue weighted by atomic mass is 16.4. The van der Waals surface area contributed by atoms with Crippen LogP contribution >= 0.6 is 0 Å². The number of carbonyl (C=O) groups is 2. The van der Waals surface area contributed by atoms with Crippen molar-refractivity contribution in [3.8, 4) is 0 Å². The SMILES string of the molecule is CCCN(C=O)C1(C(=O)O)CCC(C)CC1. The summed E-state index contributed by atoms with van der Waals surface area (Å²) in [5.74, 6) is -0.275. The van der Waals surface area contributed by atoms with Crippen LogP contribution in [0.3, 0.4) is 0 Å². The van der Waals surface area contributed by atoms with Crippen molar-refractivity contribution in [1.29, 1.82) is 0 Å². The Morgan fingerprint density at radius 1 is 1.50 bits per heavy atom. The van der Waals surface area contributed by atoms with E-state index in [0.29, 0.717) is 31.7 Å². The van der Waals surface area contributed by atoms with Gasteiger partial charge in [0.05, 0.1) is 0 Å². The van der Waals surface area contributed by atoms with Gasteiger partial charge in [-0.05, 0) is 38.0 Å². The number of nitrogens with zero attached hydrogens (tertiary/aromatic N) is 1. The van der Waals surface area contributed by atoms with E-state index >= 15 is 0 Å². The highest BCUT2D eigenvalue weighted by Gasteiger charge is 2.45. The van der Waals surface area contributed by atoms with Crippen LogP contribution < -0.4 is 0 Å². The van der Waals surface area contributed by atoms with Gasteiger partial charge in [-0.2, -0.15) is 0 Å². The van der Waals surface area contributed by atoms with E-state index in [1.165, 1.54) is 4.90 Å². The van der Waals surface area contributed by atoms with E-state index in [2.05, 4.69) is 6.92 Å². The van der Waals surface area contributed by atoms with Crippen molar-refractivity contribution in [2.75, 3.05) is 6.54 Å². The summed E-state index contributed by atoms with van der Waals surface area (Å²) in [5, 5.41) is 9.40. The summed E-state index contributed by atoms with van der Waals surface area (Å²) < 4.78 is 0. The zero-order valence-electron chi connectivity index (χ0n) is 10.1. The number of carboxylic acids is 1. The van der Waals surface area contributed by atoms with Gasteiger partial charge in [-0.1, -0.05) is 13.8 Å². The average Bonchev–Trinajstić information content (AvgIpc) is 2.27. The maximum atomic E-state index is 11.5. The van der Waals surface area contributed by atoms with Crippen molar-refractivity contribution in [2.45, 2.75) is 51.5 Å². The number of hydrogen-bond acceptors (Lipinski definition) is 2. The predicted octanol–water partition coefficient (Wildman–Crippen LogP) is 1.89. The highest BCUT2D eigenvalue weighted by molar-refractivity contribution is 5.81. The highest BCUT2D eigenvalue weighted by Crippen LogP contribution is 2.36. The van der Waals surface area contributed by atoms with Crippen LogP contribution in [-0.2, 0) is 9.59 Å². The molecule has 1 fully saturated rings. The van der Waals surface area contributed by atoms with E-state index in [4.69, 9.17) is 0 Å². The summed E-state index contributed by atoms with van der Waals surface area (Å²) in [5.41, 5.74) is -0.940. The van der Waals surface area contributed by atoms with E-state index in [9.17, 15) is 14.7 Å². The number of aliphatic carboxylic acids is 1. The molecule has 0 aromatic heterocycles. The molecule has 1 rings (SSSR count). The van der Waals surface area contributed by atoms with E-state index in [1.54, 1.807) is 0 Å². The molecule has 1 aliphatic carbocycles. The molecule has 0 aliphatic heterocycles. The third-order valence-electron chi connectivity index (χ3n) is 3.64.